The summed E-state index contributed by atoms with van der Waals surface area (Å²) < 4.78 is 131. The summed E-state index contributed by atoms with van der Waals surface area (Å²) in [6.45, 7) is 2.23. The highest BCUT2D eigenvalue weighted by atomic mass is 32.2. The Hall–Kier alpha value is -5.48. The summed E-state index contributed by atoms with van der Waals surface area (Å²) in [7, 11) is -2.21. The number of fused-ring (bicyclic) bond motifs is 4. The van der Waals surface area contributed by atoms with Crippen molar-refractivity contribution >= 4 is 32.7 Å². The molecule has 3 aromatic heterocycles. The van der Waals surface area contributed by atoms with Gasteiger partial charge in [0.2, 0.25) is 15.9 Å². The molecule has 0 spiro atoms. The van der Waals surface area contributed by atoms with Gasteiger partial charge in [0.1, 0.15) is 29.6 Å². The minimum atomic E-state index is -5.07. The van der Waals surface area contributed by atoms with Crippen LogP contribution >= 0.6 is 0 Å². The molecule has 57 heavy (non-hydrogen) atoms. The van der Waals surface area contributed by atoms with Gasteiger partial charge in [0, 0.05) is 41.1 Å². The number of carbonyl (C=O) groups is 1. The number of rotatable bonds is 9. The molecule has 19 heteroatoms. The Balaban J connectivity index is 1.38. The van der Waals surface area contributed by atoms with E-state index in [0.29, 0.717) is 32.8 Å². The molecule has 5 aromatic rings. The lowest BCUT2D eigenvalue weighted by molar-refractivity contribution is -0.144. The second-order valence-electron chi connectivity index (χ2n) is 14.9. The van der Waals surface area contributed by atoms with Crippen LogP contribution < -0.4 is 15.8 Å². The van der Waals surface area contributed by atoms with Crippen LogP contribution in [0.1, 0.15) is 72.6 Å². The lowest BCUT2D eigenvalue weighted by Crippen LogP contribution is -2.36. The number of anilines is 1. The SMILES string of the molecule is Cn1nc(NS(C)(=O)=O)c2cccc(-c3ccc(C#CC(C)(C)N)nc3[C@H](Cc3cc(F)cc(F)c3)NC(=O)Cn3nc(C(F)(F)F)c4c3C(F)(F)[C@@H]3CC[C@H]43)c21. The maximum atomic E-state index is 15.6. The molecule has 2 aromatic carbocycles. The van der Waals surface area contributed by atoms with Crippen molar-refractivity contribution in [1.29, 1.82) is 0 Å². The number of para-hydroxylation sites is 1. The molecule has 0 saturated heterocycles. The summed E-state index contributed by atoms with van der Waals surface area (Å²) in [6.07, 6.45) is -4.35. The molecule has 7 rings (SSSR count). The Morgan fingerprint density at radius 1 is 1.05 bits per heavy atom. The molecule has 0 aliphatic heterocycles. The van der Waals surface area contributed by atoms with Crippen molar-refractivity contribution in [3.63, 3.8) is 0 Å². The van der Waals surface area contributed by atoms with E-state index in [0.717, 1.165) is 18.4 Å². The number of amides is 1. The van der Waals surface area contributed by atoms with Crippen LogP contribution in [0, 0.1) is 29.4 Å². The van der Waals surface area contributed by atoms with Crippen LogP contribution in [0.3, 0.4) is 0 Å². The molecule has 0 bridgehead atoms. The molecule has 3 atom stereocenters. The fourth-order valence-electron chi connectivity index (χ4n) is 7.58. The number of hydrogen-bond acceptors (Lipinski definition) is 7. The predicted molar refractivity (Wildman–Crippen MR) is 195 cm³/mol. The third-order valence-electron chi connectivity index (χ3n) is 9.88. The van der Waals surface area contributed by atoms with Gasteiger partial charge in [-0.25, -0.2) is 22.2 Å². The number of nitrogens with two attached hydrogens (primary N) is 1. The average molecular weight is 817 g/mol. The van der Waals surface area contributed by atoms with Gasteiger partial charge in [-0.2, -0.15) is 32.1 Å². The van der Waals surface area contributed by atoms with E-state index < -0.39 is 86.6 Å². The fourth-order valence-corrected chi connectivity index (χ4v) is 8.08. The summed E-state index contributed by atoms with van der Waals surface area (Å²) in [5.41, 5.74) is 3.38. The Kier molecular flexibility index (Phi) is 9.67. The Bertz CT molecular complexity index is 2600. The van der Waals surface area contributed by atoms with E-state index in [1.807, 2.05) is 0 Å². The predicted octanol–water partition coefficient (Wildman–Crippen LogP) is 6.29. The van der Waals surface area contributed by atoms with Crippen molar-refractivity contribution in [3.05, 3.63) is 94.1 Å². The number of nitrogens with zero attached hydrogens (tertiary/aromatic N) is 5. The largest absolute Gasteiger partial charge is 0.435 e. The topological polar surface area (TPSA) is 150 Å². The minimum absolute atomic E-state index is 0.00631. The van der Waals surface area contributed by atoms with E-state index in [2.05, 4.69) is 32.1 Å². The molecular weight excluding hydrogens is 782 g/mol. The fraction of sp³-hybridized carbons (Fsp3) is 0.368. The summed E-state index contributed by atoms with van der Waals surface area (Å²) in [4.78, 5) is 18.7. The summed E-state index contributed by atoms with van der Waals surface area (Å²) in [5, 5.41) is 10.9. The first kappa shape index (κ1) is 39.7. The molecule has 1 amide bonds. The first-order valence-electron chi connectivity index (χ1n) is 17.6. The van der Waals surface area contributed by atoms with Crippen LogP contribution in [-0.4, -0.2) is 50.7 Å². The number of aromatic nitrogens is 5. The zero-order valence-corrected chi connectivity index (χ0v) is 31.6. The highest BCUT2D eigenvalue weighted by molar-refractivity contribution is 7.92. The van der Waals surface area contributed by atoms with Crippen molar-refractivity contribution in [1.82, 2.24) is 29.9 Å². The van der Waals surface area contributed by atoms with Crippen LogP contribution in [0.5, 0.6) is 0 Å². The summed E-state index contributed by atoms with van der Waals surface area (Å²) in [6, 6.07) is 9.36. The Morgan fingerprint density at radius 3 is 2.37 bits per heavy atom. The van der Waals surface area contributed by atoms with Crippen molar-refractivity contribution in [2.45, 2.75) is 69.3 Å². The van der Waals surface area contributed by atoms with Crippen molar-refractivity contribution in [2.24, 2.45) is 18.7 Å². The van der Waals surface area contributed by atoms with Gasteiger partial charge in [-0.3, -0.25) is 18.9 Å². The first-order valence-corrected chi connectivity index (χ1v) is 19.5. The van der Waals surface area contributed by atoms with E-state index in [1.54, 1.807) is 51.2 Å². The number of benzene rings is 2. The number of carbonyl (C=O) groups excluding carboxylic acids is 1. The van der Waals surface area contributed by atoms with E-state index in [-0.39, 0.29) is 42.0 Å². The standard InChI is InChI=1S/C38H35F7N8O3S/c1-36(2,46)13-12-22-8-9-23(24-6-5-7-26-32(24)52(3)50-35(26)51-57(4,55)56)31(47-22)28(16-19-14-20(39)17-21(40)15-19)48-29(54)18-53-34-30(33(49-53)38(43,44)45)25-10-11-27(25)37(34,41)42/h5-9,14-15,17,25,27-28H,10-11,16,18,46H2,1-4H3,(H,48,54)(H,50,51)/t25-,27+,28-/m0/s1. The molecular formula is C38H35F7N8O3S. The molecule has 2 aliphatic carbocycles. The third-order valence-corrected chi connectivity index (χ3v) is 10.4. The van der Waals surface area contributed by atoms with Crippen LogP contribution in [0.2, 0.25) is 0 Å². The van der Waals surface area contributed by atoms with Crippen LogP contribution in [0.25, 0.3) is 22.0 Å². The zero-order valence-electron chi connectivity index (χ0n) is 30.8. The van der Waals surface area contributed by atoms with Crippen LogP contribution in [0.4, 0.5) is 36.6 Å². The second kappa shape index (κ2) is 13.9. The summed E-state index contributed by atoms with van der Waals surface area (Å²) in [5.74, 6) is -3.32. The number of sulfonamides is 1. The smallest absolute Gasteiger partial charge is 0.346 e. The third kappa shape index (κ3) is 7.80. The van der Waals surface area contributed by atoms with Gasteiger partial charge < -0.3 is 11.1 Å². The van der Waals surface area contributed by atoms with Crippen LogP contribution in [-0.2, 0) is 46.9 Å². The maximum Gasteiger partial charge on any atom is 0.435 e. The number of alkyl halides is 5. The number of nitrogens with one attached hydrogen (secondary N) is 2. The van der Waals surface area contributed by atoms with Gasteiger partial charge in [0.05, 0.1) is 29.0 Å². The monoisotopic (exact) mass is 816 g/mol. The van der Waals surface area contributed by atoms with E-state index in [1.165, 1.54) is 4.68 Å². The number of hydrogen-bond donors (Lipinski definition) is 3. The minimum Gasteiger partial charge on any atom is -0.346 e. The van der Waals surface area contributed by atoms with Crippen LogP contribution in [0.15, 0.2) is 48.5 Å². The van der Waals surface area contributed by atoms with Crippen molar-refractivity contribution < 1.29 is 43.9 Å². The van der Waals surface area contributed by atoms with Gasteiger partial charge in [0.25, 0.3) is 5.92 Å². The highest BCUT2D eigenvalue weighted by Crippen LogP contribution is 2.64. The second-order valence-corrected chi connectivity index (χ2v) is 16.7. The Morgan fingerprint density at radius 2 is 1.75 bits per heavy atom. The van der Waals surface area contributed by atoms with Crippen molar-refractivity contribution in [2.75, 3.05) is 11.0 Å². The van der Waals surface area contributed by atoms with Gasteiger partial charge in [-0.15, -0.1) is 0 Å². The lowest BCUT2D eigenvalue weighted by Gasteiger charge is -2.34. The van der Waals surface area contributed by atoms with Gasteiger partial charge in [-0.1, -0.05) is 18.1 Å². The quantitative estimate of drug-likeness (QED) is 0.117. The van der Waals surface area contributed by atoms with E-state index >= 15 is 8.78 Å². The molecule has 300 valence electrons. The molecule has 0 radical (unpaired) electrons. The molecule has 0 unspecified atom stereocenters. The molecule has 2 aliphatic rings. The Labute approximate surface area is 321 Å². The molecule has 1 saturated carbocycles. The van der Waals surface area contributed by atoms with E-state index in [4.69, 9.17) is 10.7 Å². The van der Waals surface area contributed by atoms with Gasteiger partial charge in [0.15, 0.2) is 11.5 Å². The first-order chi connectivity index (χ1) is 26.5. The molecule has 3 heterocycles. The normalized spacial score (nSPS) is 18.0. The molecule has 11 nitrogen and oxygen atoms in total. The summed E-state index contributed by atoms with van der Waals surface area (Å²) >= 11 is 0. The molecule has 1 fully saturated rings. The van der Waals surface area contributed by atoms with Gasteiger partial charge >= 0.3 is 6.18 Å². The number of aryl methyl sites for hydroxylation is 1. The number of halogens is 7. The lowest BCUT2D eigenvalue weighted by atomic mass is 9.73. The number of pyridine rings is 1. The van der Waals surface area contributed by atoms with E-state index in [9.17, 15) is 35.2 Å². The van der Waals surface area contributed by atoms with Crippen molar-refractivity contribution in [3.8, 4) is 23.0 Å². The average Bonchev–Trinajstić information content (AvgIpc) is 3.63. The maximum absolute atomic E-state index is 15.6. The van der Waals surface area contributed by atoms with Gasteiger partial charge in [-0.05, 0) is 80.8 Å². The zero-order chi connectivity index (χ0) is 41.4. The molecule has 4 N–H and O–H groups in total. The highest BCUT2D eigenvalue weighted by Gasteiger charge is 2.63.